The Morgan fingerprint density at radius 3 is 3.00 bits per heavy atom. The lowest BCUT2D eigenvalue weighted by Gasteiger charge is -1.98. The molecule has 0 saturated heterocycles. The van der Waals surface area contributed by atoms with Gasteiger partial charge in [-0.15, -0.1) is 0 Å². The summed E-state index contributed by atoms with van der Waals surface area (Å²) in [6, 6.07) is 5.16. The summed E-state index contributed by atoms with van der Waals surface area (Å²) in [7, 11) is 0. The van der Waals surface area contributed by atoms with Crippen LogP contribution in [0.1, 0.15) is 5.69 Å². The Balaban J connectivity index is 2.63. The van der Waals surface area contributed by atoms with Gasteiger partial charge >= 0.3 is 0 Å². The molecule has 4 nitrogen and oxygen atoms in total. The predicted octanol–water partition coefficient (Wildman–Crippen LogP) is 2.37. The number of aromatic nitrogens is 3. The molecule has 2 N–H and O–H groups in total. The Morgan fingerprint density at radius 1 is 1.38 bits per heavy atom. The monoisotopic (exact) mass is 233 g/mol. The fraction of sp³-hybridized carbons (Fsp3) is 0.0909. The van der Waals surface area contributed by atoms with E-state index >= 15 is 0 Å². The van der Waals surface area contributed by atoms with Gasteiger partial charge in [0.05, 0.1) is 10.9 Å². The van der Waals surface area contributed by atoms with E-state index in [0.29, 0.717) is 27.0 Å². The highest BCUT2D eigenvalue weighted by atomic mass is 35.5. The summed E-state index contributed by atoms with van der Waals surface area (Å²) in [5.41, 5.74) is 2.02. The number of benzene rings is 1. The number of nitrogens with one attached hydrogen (secondary N) is 2. The molecule has 0 aliphatic carbocycles. The molecule has 0 aliphatic heterocycles. The summed E-state index contributed by atoms with van der Waals surface area (Å²) in [4.78, 5) is 15.2. The summed E-state index contributed by atoms with van der Waals surface area (Å²) in [6.07, 6.45) is 0. The van der Waals surface area contributed by atoms with E-state index in [4.69, 9.17) is 11.6 Å². The minimum Gasteiger partial charge on any atom is -0.337 e. The minimum absolute atomic E-state index is 0.0216. The molecule has 0 radical (unpaired) electrons. The first-order valence-corrected chi connectivity index (χ1v) is 5.21. The maximum absolute atomic E-state index is 12.2. The van der Waals surface area contributed by atoms with Crippen LogP contribution >= 0.6 is 11.6 Å². The Labute approximate surface area is 95.2 Å². The molecule has 2 aromatic heterocycles. The smallest absolute Gasteiger partial charge is 0.200 e. The molecule has 0 aliphatic rings. The second-order valence-electron chi connectivity index (χ2n) is 3.72. The van der Waals surface area contributed by atoms with Crippen LogP contribution in [0.15, 0.2) is 23.0 Å². The lowest BCUT2D eigenvalue weighted by atomic mass is 10.1. The summed E-state index contributed by atoms with van der Waals surface area (Å²) in [6.45, 7) is 1.83. The molecule has 3 aromatic rings. The molecule has 80 valence electrons. The molecule has 0 atom stereocenters. The molecular formula is C11H8ClN3O. The zero-order chi connectivity index (χ0) is 11.3. The van der Waals surface area contributed by atoms with Gasteiger partial charge in [-0.2, -0.15) is 5.10 Å². The summed E-state index contributed by atoms with van der Waals surface area (Å²) >= 11 is 5.88. The molecule has 0 saturated carbocycles. The molecular weight excluding hydrogens is 226 g/mol. The van der Waals surface area contributed by atoms with Gasteiger partial charge in [0.2, 0.25) is 5.43 Å². The van der Waals surface area contributed by atoms with Crippen molar-refractivity contribution < 1.29 is 0 Å². The van der Waals surface area contributed by atoms with Crippen LogP contribution in [0, 0.1) is 6.92 Å². The van der Waals surface area contributed by atoms with Gasteiger partial charge in [0.25, 0.3) is 0 Å². The van der Waals surface area contributed by atoms with Gasteiger partial charge in [0, 0.05) is 16.1 Å². The van der Waals surface area contributed by atoms with E-state index in [0.717, 1.165) is 5.69 Å². The third-order valence-electron chi connectivity index (χ3n) is 2.65. The van der Waals surface area contributed by atoms with Crippen LogP contribution in [-0.2, 0) is 0 Å². The Bertz CT molecular complexity index is 757. The number of hydrogen-bond acceptors (Lipinski definition) is 2. The van der Waals surface area contributed by atoms with Crippen molar-refractivity contribution in [3.63, 3.8) is 0 Å². The van der Waals surface area contributed by atoms with Crippen molar-refractivity contribution in [1.82, 2.24) is 15.2 Å². The zero-order valence-corrected chi connectivity index (χ0v) is 9.22. The van der Waals surface area contributed by atoms with E-state index in [1.807, 2.05) is 6.92 Å². The highest BCUT2D eigenvalue weighted by Crippen LogP contribution is 2.18. The maximum Gasteiger partial charge on any atom is 0.200 e. The molecule has 1 aromatic carbocycles. The second-order valence-corrected chi connectivity index (χ2v) is 4.15. The molecule has 0 unspecified atom stereocenters. The summed E-state index contributed by atoms with van der Waals surface area (Å²) in [5.74, 6) is 0. The van der Waals surface area contributed by atoms with Crippen LogP contribution < -0.4 is 5.43 Å². The molecule has 0 bridgehead atoms. The van der Waals surface area contributed by atoms with Crippen LogP contribution in [0.4, 0.5) is 0 Å². The molecule has 0 spiro atoms. The number of halogens is 1. The van der Waals surface area contributed by atoms with E-state index in [1.54, 1.807) is 18.2 Å². The van der Waals surface area contributed by atoms with E-state index in [9.17, 15) is 4.79 Å². The van der Waals surface area contributed by atoms with Gasteiger partial charge in [-0.3, -0.25) is 9.89 Å². The van der Waals surface area contributed by atoms with E-state index in [-0.39, 0.29) is 5.43 Å². The number of aryl methyl sites for hydroxylation is 1. The Kier molecular flexibility index (Phi) is 1.82. The number of fused-ring (bicyclic) bond motifs is 2. The van der Waals surface area contributed by atoms with E-state index < -0.39 is 0 Å². The van der Waals surface area contributed by atoms with Crippen LogP contribution in [0.5, 0.6) is 0 Å². The third-order valence-corrected chi connectivity index (χ3v) is 2.89. The topological polar surface area (TPSA) is 61.5 Å². The molecule has 0 amide bonds. The van der Waals surface area contributed by atoms with Crippen molar-refractivity contribution in [2.24, 2.45) is 0 Å². The molecule has 3 rings (SSSR count). The summed E-state index contributed by atoms with van der Waals surface area (Å²) in [5, 5.41) is 8.65. The molecule has 0 fully saturated rings. The average molecular weight is 234 g/mol. The largest absolute Gasteiger partial charge is 0.337 e. The zero-order valence-electron chi connectivity index (χ0n) is 8.47. The molecule has 16 heavy (non-hydrogen) atoms. The first-order chi connectivity index (χ1) is 7.66. The minimum atomic E-state index is -0.0216. The lowest BCUT2D eigenvalue weighted by molar-refractivity contribution is 1.06. The fourth-order valence-electron chi connectivity index (χ4n) is 1.88. The van der Waals surface area contributed by atoms with Crippen molar-refractivity contribution in [3.05, 3.63) is 39.1 Å². The number of hydrogen-bond donors (Lipinski definition) is 2. The van der Waals surface area contributed by atoms with Gasteiger partial charge in [0.1, 0.15) is 0 Å². The lowest BCUT2D eigenvalue weighted by Crippen LogP contribution is -2.03. The SMILES string of the molecule is Cc1[nH]nc2[nH]c3cc(Cl)ccc3c(=O)c12. The summed E-state index contributed by atoms with van der Waals surface area (Å²) < 4.78 is 0. The highest BCUT2D eigenvalue weighted by molar-refractivity contribution is 6.31. The van der Waals surface area contributed by atoms with E-state index in [2.05, 4.69) is 15.2 Å². The predicted molar refractivity (Wildman–Crippen MR) is 64.0 cm³/mol. The van der Waals surface area contributed by atoms with Crippen molar-refractivity contribution in [3.8, 4) is 0 Å². The van der Waals surface area contributed by atoms with Crippen LogP contribution in [0.3, 0.4) is 0 Å². The first kappa shape index (κ1) is 9.42. The first-order valence-electron chi connectivity index (χ1n) is 4.83. The maximum atomic E-state index is 12.2. The second kappa shape index (κ2) is 3.09. The third kappa shape index (κ3) is 1.17. The van der Waals surface area contributed by atoms with Gasteiger partial charge < -0.3 is 4.98 Å². The normalized spacial score (nSPS) is 11.4. The van der Waals surface area contributed by atoms with Gasteiger partial charge in [-0.1, -0.05) is 11.6 Å². The molecule has 2 heterocycles. The number of rotatable bonds is 0. The Hall–Kier alpha value is -1.81. The van der Waals surface area contributed by atoms with Gasteiger partial charge in [-0.05, 0) is 25.1 Å². The van der Waals surface area contributed by atoms with Crippen molar-refractivity contribution in [2.45, 2.75) is 6.92 Å². The van der Waals surface area contributed by atoms with Crippen LogP contribution in [-0.4, -0.2) is 15.2 Å². The standard InChI is InChI=1S/C11H8ClN3O/c1-5-9-10(16)7-3-2-6(12)4-8(7)13-11(9)15-14-5/h2-4H,1H3,(H2,13,14,15,16). The van der Waals surface area contributed by atoms with Crippen molar-refractivity contribution in [2.75, 3.05) is 0 Å². The van der Waals surface area contributed by atoms with Crippen molar-refractivity contribution >= 4 is 33.5 Å². The highest BCUT2D eigenvalue weighted by Gasteiger charge is 2.10. The molecule has 5 heteroatoms. The average Bonchev–Trinajstić information content (AvgIpc) is 2.60. The van der Waals surface area contributed by atoms with Gasteiger partial charge in [-0.25, -0.2) is 0 Å². The number of H-pyrrole nitrogens is 2. The van der Waals surface area contributed by atoms with Crippen molar-refractivity contribution in [1.29, 1.82) is 0 Å². The van der Waals surface area contributed by atoms with Crippen LogP contribution in [0.25, 0.3) is 21.9 Å². The number of pyridine rings is 1. The Morgan fingerprint density at radius 2 is 2.19 bits per heavy atom. The quantitative estimate of drug-likeness (QED) is 0.626. The van der Waals surface area contributed by atoms with Crippen LogP contribution in [0.2, 0.25) is 5.02 Å². The fourth-order valence-corrected chi connectivity index (χ4v) is 2.05. The van der Waals surface area contributed by atoms with E-state index in [1.165, 1.54) is 0 Å². The number of aromatic amines is 2. The number of nitrogens with zero attached hydrogens (tertiary/aromatic N) is 1. The van der Waals surface area contributed by atoms with Gasteiger partial charge in [0.15, 0.2) is 5.65 Å².